The third-order valence-corrected chi connectivity index (χ3v) is 5.89. The van der Waals surface area contributed by atoms with E-state index in [4.69, 9.17) is 0 Å². The second-order valence-corrected chi connectivity index (χ2v) is 8.31. The molecule has 4 rings (SSSR count). The molecule has 10 nitrogen and oxygen atoms in total. The molecule has 0 unspecified atom stereocenters. The van der Waals surface area contributed by atoms with E-state index >= 15 is 0 Å². The van der Waals surface area contributed by atoms with Crippen molar-refractivity contribution < 1.29 is 14.5 Å². The predicted octanol–water partition coefficient (Wildman–Crippen LogP) is 2.79. The summed E-state index contributed by atoms with van der Waals surface area (Å²) < 4.78 is 1.45. The maximum absolute atomic E-state index is 12.9. The lowest BCUT2D eigenvalue weighted by atomic mass is 10.1. The van der Waals surface area contributed by atoms with Crippen molar-refractivity contribution in [2.45, 2.75) is 13.8 Å². The lowest BCUT2D eigenvalue weighted by Crippen LogP contribution is -2.50. The quantitative estimate of drug-likeness (QED) is 0.445. The summed E-state index contributed by atoms with van der Waals surface area (Å²) in [6.45, 7) is 6.32. The molecule has 0 saturated carbocycles. The van der Waals surface area contributed by atoms with Crippen LogP contribution >= 0.6 is 0 Å². The summed E-state index contributed by atoms with van der Waals surface area (Å²) >= 11 is 0. The summed E-state index contributed by atoms with van der Waals surface area (Å²) in [7, 11) is 0. The molecule has 1 aliphatic heterocycles. The molecule has 0 spiro atoms. The molecule has 0 atom stereocenters. The topological polar surface area (TPSA) is 114 Å². The smallest absolute Gasteiger partial charge is 0.274 e. The van der Waals surface area contributed by atoms with Gasteiger partial charge in [0, 0.05) is 50.2 Å². The molecule has 1 saturated heterocycles. The van der Waals surface area contributed by atoms with Crippen molar-refractivity contribution in [2.75, 3.05) is 38.0 Å². The normalized spacial score (nSPS) is 14.1. The third-order valence-electron chi connectivity index (χ3n) is 5.89. The van der Waals surface area contributed by atoms with Gasteiger partial charge in [-0.1, -0.05) is 24.3 Å². The summed E-state index contributed by atoms with van der Waals surface area (Å²) in [6, 6.07) is 13.6. The van der Waals surface area contributed by atoms with Gasteiger partial charge in [-0.05, 0) is 37.1 Å². The van der Waals surface area contributed by atoms with Crippen LogP contribution in [0, 0.1) is 24.0 Å². The average Bonchev–Trinajstić information content (AvgIpc) is 3.32. The van der Waals surface area contributed by atoms with Crippen molar-refractivity contribution in [1.29, 1.82) is 0 Å². The van der Waals surface area contributed by atoms with E-state index in [0.29, 0.717) is 31.9 Å². The predicted molar refractivity (Wildman–Crippen MR) is 127 cm³/mol. The Bertz CT molecular complexity index is 1210. The number of hydrogen-bond acceptors (Lipinski definition) is 6. The summed E-state index contributed by atoms with van der Waals surface area (Å²) in [4.78, 5) is 39.7. The van der Waals surface area contributed by atoms with Crippen LogP contribution in [0.3, 0.4) is 0 Å². The van der Waals surface area contributed by atoms with Crippen molar-refractivity contribution in [3.8, 4) is 5.69 Å². The number of hydrogen-bond donors (Lipinski definition) is 1. The number of carbonyl (C=O) groups excluding carboxylic acids is 2. The first-order chi connectivity index (χ1) is 16.3. The fourth-order valence-corrected chi connectivity index (χ4v) is 4.00. The fourth-order valence-electron chi connectivity index (χ4n) is 4.00. The van der Waals surface area contributed by atoms with Gasteiger partial charge in [0.25, 0.3) is 11.6 Å². The average molecular weight is 463 g/mol. The van der Waals surface area contributed by atoms with Gasteiger partial charge in [-0.15, -0.1) is 0 Å². The molecule has 2 amide bonds. The van der Waals surface area contributed by atoms with E-state index in [0.717, 1.165) is 16.8 Å². The number of benzene rings is 2. The van der Waals surface area contributed by atoms with E-state index in [-0.39, 0.29) is 29.7 Å². The van der Waals surface area contributed by atoms with Gasteiger partial charge in [0.1, 0.15) is 0 Å². The van der Waals surface area contributed by atoms with Crippen LogP contribution in [0.1, 0.15) is 21.6 Å². The molecule has 10 heteroatoms. The Hall–Kier alpha value is -4.05. The van der Waals surface area contributed by atoms with Gasteiger partial charge in [0.15, 0.2) is 5.69 Å². The zero-order valence-corrected chi connectivity index (χ0v) is 19.1. The number of nitro benzene ring substituents is 1. The number of aromatic nitrogens is 2. The highest BCUT2D eigenvalue weighted by Gasteiger charge is 2.25. The molecular formula is C24H26N6O4. The highest BCUT2D eigenvalue weighted by Crippen LogP contribution is 2.20. The van der Waals surface area contributed by atoms with Crippen LogP contribution in [0.15, 0.2) is 54.7 Å². The number of aryl methyl sites for hydroxylation is 2. The molecule has 34 heavy (non-hydrogen) atoms. The van der Waals surface area contributed by atoms with E-state index in [1.165, 1.54) is 16.8 Å². The SMILES string of the molecule is Cc1cccc(C)c1NC(=O)CN1CCN(C(=O)c2ccn(-c3cccc([N+](=O)[O-])c3)n2)CC1. The van der Waals surface area contributed by atoms with Crippen LogP contribution in [-0.4, -0.2) is 69.0 Å². The second kappa shape index (κ2) is 9.84. The van der Waals surface area contributed by atoms with E-state index in [1.54, 1.807) is 29.3 Å². The molecule has 0 aliphatic carbocycles. The van der Waals surface area contributed by atoms with E-state index < -0.39 is 4.92 Å². The van der Waals surface area contributed by atoms with Crippen molar-refractivity contribution >= 4 is 23.2 Å². The van der Waals surface area contributed by atoms with E-state index in [2.05, 4.69) is 10.4 Å². The van der Waals surface area contributed by atoms with Crippen LogP contribution in [0.25, 0.3) is 5.69 Å². The Morgan fingerprint density at radius 2 is 1.71 bits per heavy atom. The number of non-ortho nitro benzene ring substituents is 1. The summed E-state index contributed by atoms with van der Waals surface area (Å²) in [5.41, 5.74) is 3.63. The zero-order chi connectivity index (χ0) is 24.2. The molecule has 0 bridgehead atoms. The summed E-state index contributed by atoms with van der Waals surface area (Å²) in [5, 5.41) is 18.3. The fraction of sp³-hybridized carbons (Fsp3) is 0.292. The van der Waals surface area contributed by atoms with Gasteiger partial charge in [-0.2, -0.15) is 5.10 Å². The van der Waals surface area contributed by atoms with Gasteiger partial charge in [0.05, 0.1) is 17.2 Å². The minimum absolute atomic E-state index is 0.0429. The van der Waals surface area contributed by atoms with Gasteiger partial charge in [0.2, 0.25) is 5.91 Å². The molecule has 2 heterocycles. The zero-order valence-electron chi connectivity index (χ0n) is 19.1. The number of amides is 2. The Kier molecular flexibility index (Phi) is 6.69. The summed E-state index contributed by atoms with van der Waals surface area (Å²) in [6.07, 6.45) is 1.61. The van der Waals surface area contributed by atoms with Gasteiger partial charge < -0.3 is 10.2 Å². The van der Waals surface area contributed by atoms with Crippen LogP contribution in [-0.2, 0) is 4.79 Å². The monoisotopic (exact) mass is 462 g/mol. The number of nitrogens with zero attached hydrogens (tertiary/aromatic N) is 5. The molecule has 3 aromatic rings. The number of rotatable bonds is 6. The van der Waals surface area contributed by atoms with Crippen molar-refractivity contribution in [2.24, 2.45) is 0 Å². The molecule has 0 radical (unpaired) electrons. The number of anilines is 1. The lowest BCUT2D eigenvalue weighted by molar-refractivity contribution is -0.384. The summed E-state index contributed by atoms with van der Waals surface area (Å²) in [5.74, 6) is -0.281. The van der Waals surface area contributed by atoms with Crippen LogP contribution in [0.2, 0.25) is 0 Å². The maximum Gasteiger partial charge on any atom is 0.274 e. The molecule has 1 N–H and O–H groups in total. The van der Waals surface area contributed by atoms with Crippen LogP contribution in [0.4, 0.5) is 11.4 Å². The van der Waals surface area contributed by atoms with Crippen molar-refractivity contribution in [3.05, 3.63) is 81.7 Å². The minimum Gasteiger partial charge on any atom is -0.335 e. The molecule has 2 aromatic carbocycles. The van der Waals surface area contributed by atoms with Gasteiger partial charge in [-0.25, -0.2) is 4.68 Å². The highest BCUT2D eigenvalue weighted by molar-refractivity contribution is 5.94. The first-order valence-corrected chi connectivity index (χ1v) is 11.0. The number of piperazine rings is 1. The molecular weight excluding hydrogens is 436 g/mol. The molecule has 176 valence electrons. The van der Waals surface area contributed by atoms with Gasteiger partial charge in [-0.3, -0.25) is 24.6 Å². The lowest BCUT2D eigenvalue weighted by Gasteiger charge is -2.34. The number of carbonyl (C=O) groups is 2. The number of para-hydroxylation sites is 1. The first-order valence-electron chi connectivity index (χ1n) is 11.0. The van der Waals surface area contributed by atoms with E-state index in [9.17, 15) is 19.7 Å². The standard InChI is InChI=1S/C24H26N6O4/c1-17-5-3-6-18(2)23(17)25-22(31)16-27-11-13-28(14-12-27)24(32)21-9-10-29(26-21)19-7-4-8-20(15-19)30(33)34/h3-10,15H,11-14,16H2,1-2H3,(H,25,31). The molecule has 1 aromatic heterocycles. The Balaban J connectivity index is 1.32. The Labute approximate surface area is 196 Å². The minimum atomic E-state index is -0.471. The second-order valence-electron chi connectivity index (χ2n) is 8.31. The van der Waals surface area contributed by atoms with Crippen LogP contribution < -0.4 is 5.32 Å². The van der Waals surface area contributed by atoms with Crippen molar-refractivity contribution in [3.63, 3.8) is 0 Å². The maximum atomic E-state index is 12.9. The Morgan fingerprint density at radius 1 is 1.03 bits per heavy atom. The van der Waals surface area contributed by atoms with Crippen molar-refractivity contribution in [1.82, 2.24) is 19.6 Å². The highest BCUT2D eigenvalue weighted by atomic mass is 16.6. The Morgan fingerprint density at radius 3 is 2.38 bits per heavy atom. The molecule has 1 fully saturated rings. The molecule has 1 aliphatic rings. The largest absolute Gasteiger partial charge is 0.335 e. The van der Waals surface area contributed by atoms with Crippen LogP contribution in [0.5, 0.6) is 0 Å². The van der Waals surface area contributed by atoms with Gasteiger partial charge >= 0.3 is 0 Å². The number of nitrogens with one attached hydrogen (secondary N) is 1. The first kappa shape index (κ1) is 23.1. The third kappa shape index (κ3) is 5.12. The number of nitro groups is 1. The van der Waals surface area contributed by atoms with E-state index in [1.807, 2.05) is 36.9 Å².